The monoisotopic (exact) mass is 417 g/mol. The Balaban J connectivity index is 1.48. The third-order valence-corrected chi connectivity index (χ3v) is 4.87. The predicted octanol–water partition coefficient (Wildman–Crippen LogP) is 4.30. The Morgan fingerprint density at radius 2 is 1.52 bits per heavy atom. The average molecular weight is 418 g/mol. The molecule has 1 atom stereocenters. The van der Waals surface area contributed by atoms with E-state index >= 15 is 0 Å². The molecule has 6 heteroatoms. The van der Waals surface area contributed by atoms with Crippen molar-refractivity contribution in [1.82, 2.24) is 10.6 Å². The third-order valence-electron chi connectivity index (χ3n) is 4.87. The van der Waals surface area contributed by atoms with Gasteiger partial charge in [0.05, 0.1) is 6.10 Å². The van der Waals surface area contributed by atoms with Crippen LogP contribution in [0.2, 0.25) is 0 Å². The second-order valence-electron chi connectivity index (χ2n) is 7.47. The van der Waals surface area contributed by atoms with Gasteiger partial charge in [0.1, 0.15) is 0 Å². The highest BCUT2D eigenvalue weighted by Crippen LogP contribution is 2.14. The van der Waals surface area contributed by atoms with Gasteiger partial charge in [-0.25, -0.2) is 4.79 Å². The van der Waals surface area contributed by atoms with E-state index in [2.05, 4.69) is 16.0 Å². The van der Waals surface area contributed by atoms with Crippen LogP contribution in [0, 0.1) is 6.92 Å². The summed E-state index contributed by atoms with van der Waals surface area (Å²) in [5, 5.41) is 18.0. The molecule has 3 aromatic rings. The summed E-state index contributed by atoms with van der Waals surface area (Å²) in [4.78, 5) is 24.5. The van der Waals surface area contributed by atoms with Crippen LogP contribution in [0.25, 0.3) is 0 Å². The number of hydrogen-bond donors (Lipinski definition) is 4. The van der Waals surface area contributed by atoms with Gasteiger partial charge < -0.3 is 21.1 Å². The molecule has 0 heterocycles. The Hall–Kier alpha value is -3.64. The Morgan fingerprint density at radius 1 is 0.871 bits per heavy atom. The van der Waals surface area contributed by atoms with Crippen LogP contribution in [0.4, 0.5) is 10.5 Å². The topological polar surface area (TPSA) is 90.5 Å². The van der Waals surface area contributed by atoms with Gasteiger partial charge in [-0.15, -0.1) is 0 Å². The second kappa shape index (κ2) is 10.4. The predicted molar refractivity (Wildman–Crippen MR) is 122 cm³/mol. The molecule has 0 aromatic heterocycles. The summed E-state index contributed by atoms with van der Waals surface area (Å²) >= 11 is 0. The number of anilines is 1. The normalized spacial score (nSPS) is 11.5. The number of urea groups is 1. The summed E-state index contributed by atoms with van der Waals surface area (Å²) in [6.07, 6.45) is -0.511. The molecule has 0 radical (unpaired) electrons. The molecule has 6 nitrogen and oxygen atoms in total. The molecule has 0 aliphatic carbocycles. The van der Waals surface area contributed by atoms with E-state index < -0.39 is 6.10 Å². The van der Waals surface area contributed by atoms with Crippen molar-refractivity contribution in [3.8, 4) is 0 Å². The maximum atomic E-state index is 12.4. The molecule has 3 aromatic carbocycles. The molecule has 0 saturated heterocycles. The van der Waals surface area contributed by atoms with Crippen LogP contribution < -0.4 is 16.0 Å². The molecule has 0 saturated carbocycles. The number of rotatable bonds is 7. The number of amides is 3. The lowest BCUT2D eigenvalue weighted by Gasteiger charge is -2.11. The first kappa shape index (κ1) is 22.1. The SMILES string of the molecule is Cc1ccc(C(=O)Nc2cccc(CNC(=O)NCc3ccc(C(C)O)cc3)c2)cc1. The lowest BCUT2D eigenvalue weighted by Crippen LogP contribution is -2.34. The molecule has 0 fully saturated rings. The quantitative estimate of drug-likeness (QED) is 0.462. The maximum Gasteiger partial charge on any atom is 0.315 e. The molecule has 160 valence electrons. The summed E-state index contributed by atoms with van der Waals surface area (Å²) in [7, 11) is 0. The highest BCUT2D eigenvalue weighted by Gasteiger charge is 2.07. The lowest BCUT2D eigenvalue weighted by atomic mass is 10.1. The standard InChI is InChI=1S/C25H27N3O3/c1-17-6-10-22(11-7-17)24(30)28-23-5-3-4-20(14-23)16-27-25(31)26-15-19-8-12-21(13-9-19)18(2)29/h3-14,18,29H,15-16H2,1-2H3,(H,28,30)(H2,26,27,31). The van der Waals surface area contributed by atoms with E-state index in [-0.39, 0.29) is 11.9 Å². The molecule has 3 rings (SSSR count). The van der Waals surface area contributed by atoms with Gasteiger partial charge in [-0.05, 0) is 54.8 Å². The molecule has 0 bridgehead atoms. The van der Waals surface area contributed by atoms with Gasteiger partial charge >= 0.3 is 6.03 Å². The van der Waals surface area contributed by atoms with Crippen LogP contribution in [0.3, 0.4) is 0 Å². The van der Waals surface area contributed by atoms with Crippen molar-refractivity contribution in [3.05, 3.63) is 101 Å². The Bertz CT molecular complexity index is 1030. The Kier molecular flexibility index (Phi) is 7.40. The Morgan fingerprint density at radius 3 is 2.16 bits per heavy atom. The molecular weight excluding hydrogens is 390 g/mol. The molecule has 3 amide bonds. The van der Waals surface area contributed by atoms with Crippen molar-refractivity contribution in [1.29, 1.82) is 0 Å². The number of carbonyl (C=O) groups is 2. The number of benzene rings is 3. The van der Waals surface area contributed by atoms with Crippen molar-refractivity contribution < 1.29 is 14.7 Å². The van der Waals surface area contributed by atoms with E-state index in [4.69, 9.17) is 0 Å². The molecular formula is C25H27N3O3. The van der Waals surface area contributed by atoms with Crippen LogP contribution in [-0.2, 0) is 13.1 Å². The highest BCUT2D eigenvalue weighted by atomic mass is 16.3. The average Bonchev–Trinajstić information content (AvgIpc) is 2.77. The number of aliphatic hydroxyl groups excluding tert-OH is 1. The van der Waals surface area contributed by atoms with Gasteiger partial charge in [0.25, 0.3) is 5.91 Å². The fourth-order valence-corrected chi connectivity index (χ4v) is 3.01. The van der Waals surface area contributed by atoms with Gasteiger partial charge in [-0.2, -0.15) is 0 Å². The molecule has 0 spiro atoms. The minimum Gasteiger partial charge on any atom is -0.389 e. The van der Waals surface area contributed by atoms with Crippen LogP contribution in [0.5, 0.6) is 0 Å². The summed E-state index contributed by atoms with van der Waals surface area (Å²) in [6, 6.07) is 21.9. The van der Waals surface area contributed by atoms with Crippen molar-refractivity contribution >= 4 is 17.6 Å². The summed E-state index contributed by atoms with van der Waals surface area (Å²) in [6.45, 7) is 4.41. The number of aryl methyl sites for hydroxylation is 1. The molecule has 4 N–H and O–H groups in total. The third kappa shape index (κ3) is 6.69. The number of hydrogen-bond acceptors (Lipinski definition) is 3. The smallest absolute Gasteiger partial charge is 0.315 e. The van der Waals surface area contributed by atoms with E-state index in [0.717, 1.165) is 22.3 Å². The lowest BCUT2D eigenvalue weighted by molar-refractivity contribution is 0.102. The molecule has 0 aliphatic rings. The first-order valence-electron chi connectivity index (χ1n) is 10.2. The fourth-order valence-electron chi connectivity index (χ4n) is 3.01. The zero-order valence-corrected chi connectivity index (χ0v) is 17.7. The number of carbonyl (C=O) groups excluding carboxylic acids is 2. The van der Waals surface area contributed by atoms with Crippen molar-refractivity contribution in [2.75, 3.05) is 5.32 Å². The van der Waals surface area contributed by atoms with Crippen molar-refractivity contribution in [2.24, 2.45) is 0 Å². The Labute approximate surface area is 182 Å². The van der Waals surface area contributed by atoms with E-state index in [1.807, 2.05) is 67.6 Å². The fraction of sp³-hybridized carbons (Fsp3) is 0.200. The summed E-state index contributed by atoms with van der Waals surface area (Å²) in [5.41, 5.74) is 5.01. The maximum absolute atomic E-state index is 12.4. The van der Waals surface area contributed by atoms with Gasteiger partial charge in [-0.3, -0.25) is 4.79 Å². The minimum absolute atomic E-state index is 0.176. The van der Waals surface area contributed by atoms with Gasteiger partial charge in [-0.1, -0.05) is 54.1 Å². The molecule has 0 aliphatic heterocycles. The van der Waals surface area contributed by atoms with Crippen LogP contribution in [0.15, 0.2) is 72.8 Å². The largest absolute Gasteiger partial charge is 0.389 e. The van der Waals surface area contributed by atoms with Crippen molar-refractivity contribution in [2.45, 2.75) is 33.0 Å². The molecule has 1 unspecified atom stereocenters. The second-order valence-corrected chi connectivity index (χ2v) is 7.47. The van der Waals surface area contributed by atoms with E-state index in [9.17, 15) is 14.7 Å². The molecule has 31 heavy (non-hydrogen) atoms. The van der Waals surface area contributed by atoms with Crippen molar-refractivity contribution in [3.63, 3.8) is 0 Å². The zero-order chi connectivity index (χ0) is 22.2. The van der Waals surface area contributed by atoms with Gasteiger partial charge in [0, 0.05) is 24.3 Å². The minimum atomic E-state index is -0.511. The van der Waals surface area contributed by atoms with Gasteiger partial charge in [0.15, 0.2) is 0 Å². The first-order chi connectivity index (χ1) is 14.9. The van der Waals surface area contributed by atoms with E-state index in [1.54, 1.807) is 19.1 Å². The van der Waals surface area contributed by atoms with Crippen LogP contribution >= 0.6 is 0 Å². The van der Waals surface area contributed by atoms with E-state index in [0.29, 0.717) is 24.3 Å². The summed E-state index contributed by atoms with van der Waals surface area (Å²) < 4.78 is 0. The first-order valence-corrected chi connectivity index (χ1v) is 10.2. The van der Waals surface area contributed by atoms with E-state index in [1.165, 1.54) is 0 Å². The summed E-state index contributed by atoms with van der Waals surface area (Å²) in [5.74, 6) is -0.176. The highest BCUT2D eigenvalue weighted by molar-refractivity contribution is 6.04. The number of aliphatic hydroxyl groups is 1. The van der Waals surface area contributed by atoms with Gasteiger partial charge in [0.2, 0.25) is 0 Å². The zero-order valence-electron chi connectivity index (χ0n) is 17.7. The number of nitrogens with one attached hydrogen (secondary N) is 3. The van der Waals surface area contributed by atoms with Crippen LogP contribution in [0.1, 0.15) is 45.6 Å². The van der Waals surface area contributed by atoms with Crippen LogP contribution in [-0.4, -0.2) is 17.0 Å².